The Kier molecular flexibility index (Phi) is 5.02. The lowest BCUT2D eigenvalue weighted by molar-refractivity contribution is 0.610. The van der Waals surface area contributed by atoms with Gasteiger partial charge in [0, 0.05) is 23.8 Å². The molecule has 0 radical (unpaired) electrons. The van der Waals surface area contributed by atoms with E-state index in [1.54, 1.807) is 6.07 Å². The van der Waals surface area contributed by atoms with Crippen LogP contribution in [0.3, 0.4) is 0 Å². The second-order valence-electron chi connectivity index (χ2n) is 5.08. The molecule has 0 aliphatic rings. The zero-order valence-corrected chi connectivity index (χ0v) is 12.6. The standard InChI is InChI=1S/C17H19ClFN/c1-13(2)20(12-14-7-4-3-5-8-14)17-10-6-9-16(19)15(17)11-18/h3-10,13H,11-12H2,1-2H3. The summed E-state index contributed by atoms with van der Waals surface area (Å²) in [5.41, 5.74) is 2.64. The minimum absolute atomic E-state index is 0.181. The van der Waals surface area contributed by atoms with Crippen molar-refractivity contribution in [2.24, 2.45) is 0 Å². The van der Waals surface area contributed by atoms with Crippen molar-refractivity contribution in [2.45, 2.75) is 32.3 Å². The average Bonchev–Trinajstić information content (AvgIpc) is 2.45. The van der Waals surface area contributed by atoms with E-state index in [0.717, 1.165) is 12.2 Å². The van der Waals surface area contributed by atoms with Crippen LogP contribution in [0, 0.1) is 5.82 Å². The summed E-state index contributed by atoms with van der Waals surface area (Å²) in [6, 6.07) is 15.6. The number of rotatable bonds is 5. The first kappa shape index (κ1) is 14.9. The Labute approximate surface area is 125 Å². The minimum Gasteiger partial charge on any atom is -0.364 e. The number of halogens is 2. The molecule has 0 aromatic heterocycles. The van der Waals surface area contributed by atoms with E-state index in [-0.39, 0.29) is 17.7 Å². The molecule has 0 aliphatic heterocycles. The largest absolute Gasteiger partial charge is 0.364 e. The van der Waals surface area contributed by atoms with Crippen LogP contribution in [0.25, 0.3) is 0 Å². The van der Waals surface area contributed by atoms with Crippen LogP contribution in [-0.2, 0) is 12.4 Å². The molecule has 0 atom stereocenters. The molecule has 2 aromatic carbocycles. The van der Waals surface area contributed by atoms with Gasteiger partial charge in [0.1, 0.15) is 5.82 Å². The maximum absolute atomic E-state index is 13.9. The van der Waals surface area contributed by atoms with Crippen molar-refractivity contribution in [1.29, 1.82) is 0 Å². The summed E-state index contributed by atoms with van der Waals surface area (Å²) >= 11 is 5.92. The Balaban J connectivity index is 2.37. The van der Waals surface area contributed by atoms with Crippen molar-refractivity contribution in [3.63, 3.8) is 0 Å². The highest BCUT2D eigenvalue weighted by molar-refractivity contribution is 6.17. The maximum atomic E-state index is 13.9. The van der Waals surface area contributed by atoms with Crippen molar-refractivity contribution in [1.82, 2.24) is 0 Å². The quantitative estimate of drug-likeness (QED) is 0.702. The summed E-state index contributed by atoms with van der Waals surface area (Å²) in [5, 5.41) is 0. The van der Waals surface area contributed by atoms with Gasteiger partial charge in [0.15, 0.2) is 0 Å². The molecule has 0 spiro atoms. The van der Waals surface area contributed by atoms with E-state index in [1.807, 2.05) is 24.3 Å². The molecule has 0 amide bonds. The van der Waals surface area contributed by atoms with Gasteiger partial charge in [-0.15, -0.1) is 11.6 Å². The fourth-order valence-corrected chi connectivity index (χ4v) is 2.54. The highest BCUT2D eigenvalue weighted by atomic mass is 35.5. The zero-order chi connectivity index (χ0) is 14.5. The van der Waals surface area contributed by atoms with Crippen LogP contribution in [-0.4, -0.2) is 6.04 Å². The molecule has 3 heteroatoms. The van der Waals surface area contributed by atoms with Gasteiger partial charge in [-0.25, -0.2) is 4.39 Å². The third-order valence-electron chi connectivity index (χ3n) is 3.36. The van der Waals surface area contributed by atoms with Crippen LogP contribution in [0.2, 0.25) is 0 Å². The first-order chi connectivity index (χ1) is 9.63. The van der Waals surface area contributed by atoms with Gasteiger partial charge in [-0.1, -0.05) is 36.4 Å². The Morgan fingerprint density at radius 1 is 1.05 bits per heavy atom. The van der Waals surface area contributed by atoms with E-state index in [1.165, 1.54) is 11.6 Å². The first-order valence-corrected chi connectivity index (χ1v) is 7.31. The Morgan fingerprint density at radius 3 is 2.35 bits per heavy atom. The molecule has 0 unspecified atom stereocenters. The van der Waals surface area contributed by atoms with Gasteiger partial charge < -0.3 is 4.90 Å². The molecule has 0 aliphatic carbocycles. The van der Waals surface area contributed by atoms with E-state index in [4.69, 9.17) is 11.6 Å². The molecular weight excluding hydrogens is 273 g/mol. The van der Waals surface area contributed by atoms with Crippen LogP contribution in [0.4, 0.5) is 10.1 Å². The lowest BCUT2D eigenvalue weighted by Crippen LogP contribution is -2.31. The van der Waals surface area contributed by atoms with Crippen molar-refractivity contribution < 1.29 is 4.39 Å². The molecule has 106 valence electrons. The number of benzene rings is 2. The summed E-state index contributed by atoms with van der Waals surface area (Å²) in [4.78, 5) is 2.18. The molecule has 2 aromatic rings. The van der Waals surface area contributed by atoms with Gasteiger partial charge in [-0.05, 0) is 31.5 Å². The van der Waals surface area contributed by atoms with Crippen LogP contribution in [0.1, 0.15) is 25.0 Å². The van der Waals surface area contributed by atoms with Crippen molar-refractivity contribution >= 4 is 17.3 Å². The normalized spacial score (nSPS) is 10.8. The second kappa shape index (κ2) is 6.76. The maximum Gasteiger partial charge on any atom is 0.129 e. The summed E-state index contributed by atoms with van der Waals surface area (Å²) in [6.45, 7) is 4.95. The molecule has 0 bridgehead atoms. The summed E-state index contributed by atoms with van der Waals surface area (Å²) < 4.78 is 13.9. The molecule has 0 saturated carbocycles. The zero-order valence-electron chi connectivity index (χ0n) is 11.8. The highest BCUT2D eigenvalue weighted by Crippen LogP contribution is 2.28. The third kappa shape index (κ3) is 3.31. The summed E-state index contributed by atoms with van der Waals surface area (Å²) in [6.07, 6.45) is 0. The van der Waals surface area contributed by atoms with E-state index in [9.17, 15) is 4.39 Å². The Hall–Kier alpha value is -1.54. The monoisotopic (exact) mass is 291 g/mol. The summed E-state index contributed by atoms with van der Waals surface area (Å²) in [7, 11) is 0. The van der Waals surface area contributed by atoms with Gasteiger partial charge >= 0.3 is 0 Å². The predicted octanol–water partition coefficient (Wildman–Crippen LogP) is 4.98. The lowest BCUT2D eigenvalue weighted by Gasteiger charge is -2.31. The van der Waals surface area contributed by atoms with Gasteiger partial charge in [0.05, 0.1) is 5.88 Å². The Bertz CT molecular complexity index is 554. The van der Waals surface area contributed by atoms with E-state index in [0.29, 0.717) is 5.56 Å². The van der Waals surface area contributed by atoms with Crippen molar-refractivity contribution in [2.75, 3.05) is 4.90 Å². The fourth-order valence-electron chi connectivity index (χ4n) is 2.27. The van der Waals surface area contributed by atoms with E-state index in [2.05, 4.69) is 30.9 Å². The van der Waals surface area contributed by atoms with E-state index < -0.39 is 0 Å². The van der Waals surface area contributed by atoms with Gasteiger partial charge in [-0.2, -0.15) is 0 Å². The van der Waals surface area contributed by atoms with Crippen LogP contribution < -0.4 is 4.90 Å². The smallest absolute Gasteiger partial charge is 0.129 e. The first-order valence-electron chi connectivity index (χ1n) is 6.77. The number of anilines is 1. The molecule has 2 rings (SSSR count). The molecular formula is C17H19ClFN. The van der Waals surface area contributed by atoms with Crippen LogP contribution >= 0.6 is 11.6 Å². The van der Waals surface area contributed by atoms with Gasteiger partial charge in [0.2, 0.25) is 0 Å². The highest BCUT2D eigenvalue weighted by Gasteiger charge is 2.17. The SMILES string of the molecule is CC(C)N(Cc1ccccc1)c1cccc(F)c1CCl. The topological polar surface area (TPSA) is 3.24 Å². The average molecular weight is 292 g/mol. The third-order valence-corrected chi connectivity index (χ3v) is 3.62. The lowest BCUT2D eigenvalue weighted by atomic mass is 10.1. The molecule has 0 N–H and O–H groups in total. The van der Waals surface area contributed by atoms with Crippen molar-refractivity contribution in [3.8, 4) is 0 Å². The number of hydrogen-bond acceptors (Lipinski definition) is 1. The van der Waals surface area contributed by atoms with Gasteiger partial charge in [-0.3, -0.25) is 0 Å². The molecule has 0 saturated heterocycles. The fraction of sp³-hybridized carbons (Fsp3) is 0.294. The van der Waals surface area contributed by atoms with Crippen LogP contribution in [0.15, 0.2) is 48.5 Å². The van der Waals surface area contributed by atoms with Crippen LogP contribution in [0.5, 0.6) is 0 Å². The summed E-state index contributed by atoms with van der Waals surface area (Å²) in [5.74, 6) is -0.0590. The van der Waals surface area contributed by atoms with Crippen molar-refractivity contribution in [3.05, 3.63) is 65.5 Å². The number of nitrogens with zero attached hydrogens (tertiary/aromatic N) is 1. The molecule has 0 fully saturated rings. The number of alkyl halides is 1. The molecule has 0 heterocycles. The Morgan fingerprint density at radius 2 is 1.75 bits per heavy atom. The predicted molar refractivity (Wildman–Crippen MR) is 83.7 cm³/mol. The minimum atomic E-state index is -0.240. The van der Waals surface area contributed by atoms with Gasteiger partial charge in [0.25, 0.3) is 0 Å². The number of hydrogen-bond donors (Lipinski definition) is 0. The molecule has 1 nitrogen and oxygen atoms in total. The van der Waals surface area contributed by atoms with E-state index >= 15 is 0 Å². The molecule has 20 heavy (non-hydrogen) atoms. The second-order valence-corrected chi connectivity index (χ2v) is 5.35.